The van der Waals surface area contributed by atoms with Crippen LogP contribution in [-0.2, 0) is 0 Å². The summed E-state index contributed by atoms with van der Waals surface area (Å²) in [6.45, 7) is 3.66. The molecular formula is C12H21N5O. The van der Waals surface area contributed by atoms with Crippen LogP contribution < -0.4 is 0 Å². The second-order valence-corrected chi connectivity index (χ2v) is 5.07. The Labute approximate surface area is 107 Å². The summed E-state index contributed by atoms with van der Waals surface area (Å²) in [6.07, 6.45) is 3.67. The molecule has 0 radical (unpaired) electrons. The van der Waals surface area contributed by atoms with Gasteiger partial charge >= 0.3 is 0 Å². The van der Waals surface area contributed by atoms with Crippen LogP contribution in [0.3, 0.4) is 0 Å². The highest BCUT2D eigenvalue weighted by Crippen LogP contribution is 2.16. The third kappa shape index (κ3) is 2.69. The van der Waals surface area contributed by atoms with Crippen LogP contribution in [0.4, 0.5) is 0 Å². The number of likely N-dealkylation sites (tertiary alicyclic amines) is 1. The number of aromatic nitrogens is 3. The summed E-state index contributed by atoms with van der Waals surface area (Å²) in [5.41, 5.74) is 1.08. The summed E-state index contributed by atoms with van der Waals surface area (Å²) in [7, 11) is 3.96. The summed E-state index contributed by atoms with van der Waals surface area (Å²) in [6, 6.07) is 0.458. The molecule has 6 nitrogen and oxygen atoms in total. The van der Waals surface area contributed by atoms with Gasteiger partial charge in [0.05, 0.1) is 5.69 Å². The molecule has 1 N–H and O–H groups in total. The Morgan fingerprint density at radius 3 is 2.89 bits per heavy atom. The molecule has 1 fully saturated rings. The molecule has 0 bridgehead atoms. The van der Waals surface area contributed by atoms with Crippen molar-refractivity contribution >= 4 is 5.91 Å². The smallest absolute Gasteiger partial charge is 0.276 e. The number of H-pyrrole nitrogens is 1. The van der Waals surface area contributed by atoms with Crippen LogP contribution in [0.15, 0.2) is 0 Å². The third-order valence-electron chi connectivity index (χ3n) is 3.68. The largest absolute Gasteiger partial charge is 0.339 e. The van der Waals surface area contributed by atoms with E-state index in [1.54, 1.807) is 11.8 Å². The second-order valence-electron chi connectivity index (χ2n) is 5.07. The summed E-state index contributed by atoms with van der Waals surface area (Å²) < 4.78 is 0. The van der Waals surface area contributed by atoms with E-state index in [4.69, 9.17) is 0 Å². The molecule has 1 aromatic heterocycles. The van der Waals surface area contributed by atoms with Gasteiger partial charge in [0.1, 0.15) is 0 Å². The van der Waals surface area contributed by atoms with Gasteiger partial charge in [0, 0.05) is 19.6 Å². The summed E-state index contributed by atoms with van der Waals surface area (Å²) in [5.74, 6) is -0.0553. The second kappa shape index (κ2) is 5.48. The molecule has 1 amide bonds. The molecule has 100 valence electrons. The number of rotatable bonds is 3. The lowest BCUT2D eigenvalue weighted by Crippen LogP contribution is -2.45. The lowest BCUT2D eigenvalue weighted by Gasteiger charge is -2.35. The van der Waals surface area contributed by atoms with E-state index in [9.17, 15) is 4.79 Å². The normalized spacial score (nSPS) is 20.9. The first-order valence-corrected chi connectivity index (χ1v) is 6.42. The minimum atomic E-state index is -0.0553. The van der Waals surface area contributed by atoms with Gasteiger partial charge in [0.15, 0.2) is 5.69 Å². The fraction of sp³-hybridized carbons (Fsp3) is 0.750. The highest BCUT2D eigenvalue weighted by atomic mass is 16.2. The van der Waals surface area contributed by atoms with Crippen LogP contribution in [0.5, 0.6) is 0 Å². The summed E-state index contributed by atoms with van der Waals surface area (Å²) in [5, 5.41) is 10.3. The number of aromatic amines is 1. The topological polar surface area (TPSA) is 65.1 Å². The van der Waals surface area contributed by atoms with Crippen molar-refractivity contribution in [3.8, 4) is 0 Å². The zero-order valence-electron chi connectivity index (χ0n) is 11.3. The maximum Gasteiger partial charge on any atom is 0.276 e. The van der Waals surface area contributed by atoms with E-state index >= 15 is 0 Å². The number of likely N-dealkylation sites (N-methyl/N-ethyl adjacent to an activating group) is 2. The molecule has 1 saturated heterocycles. The Morgan fingerprint density at radius 1 is 1.50 bits per heavy atom. The van der Waals surface area contributed by atoms with Crippen molar-refractivity contribution in [2.75, 3.05) is 27.2 Å². The van der Waals surface area contributed by atoms with Crippen molar-refractivity contribution in [1.29, 1.82) is 0 Å². The van der Waals surface area contributed by atoms with Crippen molar-refractivity contribution in [3.63, 3.8) is 0 Å². The number of nitrogens with one attached hydrogen (secondary N) is 1. The van der Waals surface area contributed by atoms with Crippen LogP contribution in [0.1, 0.15) is 35.4 Å². The number of aryl methyl sites for hydroxylation is 1. The van der Waals surface area contributed by atoms with Crippen molar-refractivity contribution in [1.82, 2.24) is 25.2 Å². The molecule has 18 heavy (non-hydrogen) atoms. The zero-order valence-corrected chi connectivity index (χ0v) is 11.3. The molecule has 1 aromatic rings. The van der Waals surface area contributed by atoms with Gasteiger partial charge in [-0.05, 0) is 33.4 Å². The minimum Gasteiger partial charge on any atom is -0.339 e. The average Bonchev–Trinajstić information content (AvgIpc) is 2.77. The fourth-order valence-corrected chi connectivity index (χ4v) is 2.44. The zero-order chi connectivity index (χ0) is 13.1. The number of nitrogens with zero attached hydrogens (tertiary/aromatic N) is 4. The monoisotopic (exact) mass is 251 g/mol. The first-order chi connectivity index (χ1) is 8.59. The van der Waals surface area contributed by atoms with Crippen molar-refractivity contribution in [2.45, 2.75) is 32.2 Å². The van der Waals surface area contributed by atoms with Crippen LogP contribution in [-0.4, -0.2) is 64.3 Å². The SMILES string of the molecule is Cc1n[nH]nc1C(=O)N(C)C[C@@H]1CCCCN1C. The molecule has 6 heteroatoms. The van der Waals surface area contributed by atoms with Gasteiger partial charge in [0.25, 0.3) is 5.91 Å². The number of hydrogen-bond donors (Lipinski definition) is 1. The number of amides is 1. The molecule has 1 atom stereocenters. The van der Waals surface area contributed by atoms with E-state index in [0.29, 0.717) is 17.4 Å². The predicted molar refractivity (Wildman–Crippen MR) is 68.3 cm³/mol. The van der Waals surface area contributed by atoms with E-state index < -0.39 is 0 Å². The average molecular weight is 251 g/mol. The first kappa shape index (κ1) is 13.0. The summed E-state index contributed by atoms with van der Waals surface area (Å²) in [4.78, 5) is 16.3. The summed E-state index contributed by atoms with van der Waals surface area (Å²) >= 11 is 0. The maximum atomic E-state index is 12.2. The molecule has 0 saturated carbocycles. The van der Waals surface area contributed by atoms with Crippen LogP contribution >= 0.6 is 0 Å². The van der Waals surface area contributed by atoms with Gasteiger partial charge in [-0.25, -0.2) is 0 Å². The molecule has 0 spiro atoms. The molecule has 1 aliphatic rings. The highest BCUT2D eigenvalue weighted by Gasteiger charge is 2.24. The van der Waals surface area contributed by atoms with E-state index in [-0.39, 0.29) is 5.91 Å². The molecule has 1 aliphatic heterocycles. The van der Waals surface area contributed by atoms with E-state index in [1.807, 2.05) is 7.05 Å². The molecule has 2 rings (SSSR count). The van der Waals surface area contributed by atoms with Crippen LogP contribution in [0, 0.1) is 6.92 Å². The lowest BCUT2D eigenvalue weighted by atomic mass is 10.0. The Balaban J connectivity index is 1.97. The molecule has 0 aliphatic carbocycles. The highest BCUT2D eigenvalue weighted by molar-refractivity contribution is 5.92. The molecular weight excluding hydrogens is 230 g/mol. The standard InChI is InChI=1S/C12H21N5O/c1-9-11(14-15-13-9)12(18)17(3)8-10-6-4-5-7-16(10)2/h10H,4-8H2,1-3H3,(H,13,14,15)/t10-/m0/s1. The minimum absolute atomic E-state index is 0.0553. The number of piperidine rings is 1. The first-order valence-electron chi connectivity index (χ1n) is 6.42. The Kier molecular flexibility index (Phi) is 3.96. The van der Waals surface area contributed by atoms with E-state index in [0.717, 1.165) is 19.5 Å². The van der Waals surface area contributed by atoms with Gasteiger partial charge in [-0.2, -0.15) is 15.4 Å². The van der Waals surface area contributed by atoms with Crippen molar-refractivity contribution < 1.29 is 4.79 Å². The van der Waals surface area contributed by atoms with E-state index in [2.05, 4.69) is 27.4 Å². The van der Waals surface area contributed by atoms with Gasteiger partial charge in [0.2, 0.25) is 0 Å². The molecule has 0 aromatic carbocycles. The number of hydrogen-bond acceptors (Lipinski definition) is 4. The van der Waals surface area contributed by atoms with Gasteiger partial charge in [-0.1, -0.05) is 6.42 Å². The third-order valence-corrected chi connectivity index (χ3v) is 3.68. The van der Waals surface area contributed by atoms with Crippen LogP contribution in [0.25, 0.3) is 0 Å². The van der Waals surface area contributed by atoms with Crippen LogP contribution in [0.2, 0.25) is 0 Å². The Morgan fingerprint density at radius 2 is 2.28 bits per heavy atom. The van der Waals surface area contributed by atoms with Crippen molar-refractivity contribution in [2.24, 2.45) is 0 Å². The molecule has 2 heterocycles. The number of carbonyl (C=O) groups excluding carboxylic acids is 1. The molecule has 0 unspecified atom stereocenters. The lowest BCUT2D eigenvalue weighted by molar-refractivity contribution is 0.0710. The fourth-order valence-electron chi connectivity index (χ4n) is 2.44. The Bertz CT molecular complexity index is 416. The maximum absolute atomic E-state index is 12.2. The van der Waals surface area contributed by atoms with Crippen molar-refractivity contribution in [3.05, 3.63) is 11.4 Å². The predicted octanol–water partition coefficient (Wildman–Crippen LogP) is 0.669. The van der Waals surface area contributed by atoms with Gasteiger partial charge in [-0.15, -0.1) is 0 Å². The number of carbonyl (C=O) groups is 1. The van der Waals surface area contributed by atoms with Gasteiger partial charge in [-0.3, -0.25) is 4.79 Å². The Hall–Kier alpha value is -1.43. The van der Waals surface area contributed by atoms with Gasteiger partial charge < -0.3 is 9.80 Å². The quantitative estimate of drug-likeness (QED) is 0.857. The van der Waals surface area contributed by atoms with E-state index in [1.165, 1.54) is 12.8 Å².